The van der Waals surface area contributed by atoms with Crippen LogP contribution in [0.15, 0.2) is 30.5 Å². The number of carboxylic acids is 2. The Balaban J connectivity index is 1.09. The number of hydrogen-bond donors (Lipinski definition) is 2. The summed E-state index contributed by atoms with van der Waals surface area (Å²) in [6.45, 7) is 7.60. The van der Waals surface area contributed by atoms with E-state index in [-0.39, 0.29) is 44.2 Å². The van der Waals surface area contributed by atoms with E-state index in [1.54, 1.807) is 12.1 Å². The molecule has 3 aliphatic heterocycles. The van der Waals surface area contributed by atoms with Gasteiger partial charge in [0.2, 0.25) is 11.8 Å². The summed E-state index contributed by atoms with van der Waals surface area (Å²) in [7, 11) is 3.90. The SMILES string of the molecule is CN1CCN(CC(=O)O)CCN(CC(=O)N2CCN(CCCN(C)c3ccc4nccc(C(=O)CCC(=O)N5CC(F)(F)C[C@H]5C#N)c4c3)CC2)CCN(CC(=O)O)CC1. The van der Waals surface area contributed by atoms with Gasteiger partial charge in [0.15, 0.2) is 5.78 Å². The summed E-state index contributed by atoms with van der Waals surface area (Å²) in [5.41, 5.74) is 1.87. The molecule has 0 radical (unpaired) electrons. The minimum absolute atomic E-state index is 0.00472. The number of likely N-dealkylation sites (N-methyl/N-ethyl adjacent to an activating group) is 1. The van der Waals surface area contributed by atoms with E-state index in [1.807, 2.05) is 51.9 Å². The fraction of sp³-hybridized carbons (Fsp3) is 0.634. The molecule has 0 unspecified atom stereocenters. The van der Waals surface area contributed by atoms with Crippen molar-refractivity contribution in [2.45, 2.75) is 37.6 Å². The van der Waals surface area contributed by atoms with Crippen molar-refractivity contribution in [3.8, 4) is 6.07 Å². The number of Topliss-reactive ketones (excluding diaryl/α,β-unsaturated/α-hetero) is 1. The van der Waals surface area contributed by atoms with E-state index in [4.69, 9.17) is 0 Å². The third-order valence-electron chi connectivity index (χ3n) is 11.6. The largest absolute Gasteiger partial charge is 0.480 e. The van der Waals surface area contributed by atoms with Crippen molar-refractivity contribution in [2.24, 2.45) is 0 Å². The van der Waals surface area contributed by atoms with E-state index >= 15 is 0 Å². The van der Waals surface area contributed by atoms with Gasteiger partial charge in [0, 0.05) is 134 Å². The first-order valence-electron chi connectivity index (χ1n) is 20.6. The predicted molar refractivity (Wildman–Crippen MR) is 219 cm³/mol. The molecule has 19 heteroatoms. The molecule has 1 atom stereocenters. The molecule has 3 fully saturated rings. The number of carbonyl (C=O) groups excluding carboxylic acids is 3. The van der Waals surface area contributed by atoms with Gasteiger partial charge in [0.25, 0.3) is 5.92 Å². The second-order valence-corrected chi connectivity index (χ2v) is 16.1. The number of carboxylic acid groups (broad SMARTS) is 2. The fourth-order valence-corrected chi connectivity index (χ4v) is 7.97. The zero-order chi connectivity index (χ0) is 43.4. The van der Waals surface area contributed by atoms with Gasteiger partial charge >= 0.3 is 11.9 Å². The van der Waals surface area contributed by atoms with Crippen molar-refractivity contribution in [3.05, 3.63) is 36.0 Å². The molecule has 2 N–H and O–H groups in total. The molecule has 17 nitrogen and oxygen atoms in total. The highest BCUT2D eigenvalue weighted by Crippen LogP contribution is 2.32. The molecule has 2 aromatic rings. The predicted octanol–water partition coefficient (Wildman–Crippen LogP) is 0.949. The number of nitriles is 1. The third kappa shape index (κ3) is 13.6. The average molecular weight is 841 g/mol. The lowest BCUT2D eigenvalue weighted by atomic mass is 10.0. The number of amides is 2. The first-order chi connectivity index (χ1) is 28.6. The number of likely N-dealkylation sites (tertiary alicyclic amines) is 1. The van der Waals surface area contributed by atoms with Crippen molar-refractivity contribution in [1.82, 2.24) is 39.3 Å². The number of ketones is 1. The highest BCUT2D eigenvalue weighted by Gasteiger charge is 2.47. The summed E-state index contributed by atoms with van der Waals surface area (Å²) < 4.78 is 27.7. The van der Waals surface area contributed by atoms with Gasteiger partial charge in [-0.1, -0.05) is 0 Å². The molecule has 1 aromatic heterocycles. The summed E-state index contributed by atoms with van der Waals surface area (Å²) in [6, 6.07) is 7.79. The number of fused-ring (bicyclic) bond motifs is 1. The maximum absolute atomic E-state index is 13.9. The van der Waals surface area contributed by atoms with Crippen LogP contribution in [0.5, 0.6) is 0 Å². The van der Waals surface area contributed by atoms with Gasteiger partial charge in [0.1, 0.15) is 6.04 Å². The molecule has 0 spiro atoms. The number of carbonyl (C=O) groups is 5. The summed E-state index contributed by atoms with van der Waals surface area (Å²) in [4.78, 5) is 82.1. The van der Waals surface area contributed by atoms with Crippen LogP contribution in [0.3, 0.4) is 0 Å². The minimum atomic E-state index is -3.13. The van der Waals surface area contributed by atoms with E-state index in [1.165, 1.54) is 6.20 Å². The molecule has 60 heavy (non-hydrogen) atoms. The zero-order valence-electron chi connectivity index (χ0n) is 34.7. The third-order valence-corrected chi connectivity index (χ3v) is 11.6. The lowest BCUT2D eigenvalue weighted by Crippen LogP contribution is -2.53. The zero-order valence-corrected chi connectivity index (χ0v) is 34.7. The van der Waals surface area contributed by atoms with Crippen molar-refractivity contribution in [3.63, 3.8) is 0 Å². The van der Waals surface area contributed by atoms with E-state index in [0.717, 1.165) is 23.6 Å². The highest BCUT2D eigenvalue weighted by atomic mass is 19.3. The van der Waals surface area contributed by atoms with Gasteiger partial charge in [-0.15, -0.1) is 0 Å². The number of alkyl halides is 2. The molecule has 0 aliphatic carbocycles. The van der Waals surface area contributed by atoms with Gasteiger partial charge in [-0.2, -0.15) is 5.26 Å². The number of piperazine rings is 1. The van der Waals surface area contributed by atoms with Crippen molar-refractivity contribution in [1.29, 1.82) is 5.26 Å². The summed E-state index contributed by atoms with van der Waals surface area (Å²) in [6.07, 6.45) is 1.19. The van der Waals surface area contributed by atoms with Gasteiger partial charge in [-0.05, 0) is 44.3 Å². The Morgan fingerprint density at radius 2 is 1.40 bits per heavy atom. The Morgan fingerprint density at radius 3 is 2.00 bits per heavy atom. The maximum atomic E-state index is 13.9. The number of anilines is 1. The lowest BCUT2D eigenvalue weighted by Gasteiger charge is -2.37. The van der Waals surface area contributed by atoms with Crippen molar-refractivity contribution < 1.29 is 43.0 Å². The van der Waals surface area contributed by atoms with Crippen LogP contribution in [0.2, 0.25) is 0 Å². The monoisotopic (exact) mass is 840 g/mol. The van der Waals surface area contributed by atoms with E-state index < -0.39 is 42.8 Å². The number of aliphatic carboxylic acids is 2. The Hall–Kier alpha value is -4.87. The molecule has 1 aromatic carbocycles. The van der Waals surface area contributed by atoms with E-state index in [2.05, 4.69) is 19.7 Å². The van der Waals surface area contributed by atoms with Crippen LogP contribution in [0, 0.1) is 11.3 Å². The van der Waals surface area contributed by atoms with Crippen LogP contribution in [0.1, 0.15) is 36.0 Å². The summed E-state index contributed by atoms with van der Waals surface area (Å²) in [5.74, 6) is -5.90. The molecule has 3 aliphatic rings. The van der Waals surface area contributed by atoms with E-state index in [0.29, 0.717) is 102 Å². The van der Waals surface area contributed by atoms with Crippen LogP contribution in [-0.4, -0.2) is 223 Å². The second-order valence-electron chi connectivity index (χ2n) is 16.1. The Labute approximate surface area is 349 Å². The number of rotatable bonds is 15. The molecule has 4 heterocycles. The Kier molecular flexibility index (Phi) is 16.6. The van der Waals surface area contributed by atoms with Crippen LogP contribution >= 0.6 is 0 Å². The normalized spacial score (nSPS) is 20.6. The number of benzene rings is 1. The number of halogens is 2. The van der Waals surface area contributed by atoms with Crippen LogP contribution in [-0.2, 0) is 19.2 Å². The second kappa shape index (κ2) is 21.6. The summed E-state index contributed by atoms with van der Waals surface area (Å²) in [5, 5.41) is 28.8. The standard InChI is InChI=1S/C41H58F2N10O7/c1-46-12-14-50(28-39(57)58)18-16-49(17-19-51(15-13-46)29-40(59)60)27-38(56)52-22-20-48(21-23-52)11-3-10-47(2)31-4-5-35-34(24-31)33(8-9-45-35)36(54)6-7-37(55)53-30-41(42,43)25-32(53)26-44/h4-5,8-9,24,32H,3,6-7,10-23,25,27-30H2,1-2H3,(H,57,58)(H,59,60)/t32-/m0/s1. The van der Waals surface area contributed by atoms with Crippen LogP contribution in [0.25, 0.3) is 10.9 Å². The van der Waals surface area contributed by atoms with E-state index in [9.17, 15) is 48.2 Å². The first-order valence-corrected chi connectivity index (χ1v) is 20.6. The molecular weight excluding hydrogens is 783 g/mol. The van der Waals surface area contributed by atoms with Gasteiger partial charge in [-0.3, -0.25) is 48.6 Å². The number of pyridine rings is 1. The van der Waals surface area contributed by atoms with Gasteiger partial charge in [0.05, 0.1) is 37.8 Å². The topological polar surface area (TPSA) is 188 Å². The van der Waals surface area contributed by atoms with Crippen molar-refractivity contribution in [2.75, 3.05) is 137 Å². The highest BCUT2D eigenvalue weighted by molar-refractivity contribution is 6.08. The lowest BCUT2D eigenvalue weighted by molar-refractivity contribution is -0.139. The van der Waals surface area contributed by atoms with Crippen LogP contribution < -0.4 is 4.90 Å². The van der Waals surface area contributed by atoms with Gasteiger partial charge in [-0.25, -0.2) is 8.78 Å². The molecule has 328 valence electrons. The average Bonchev–Trinajstić information content (AvgIpc) is 3.54. The quantitative estimate of drug-likeness (QED) is 0.241. The Bertz CT molecular complexity index is 1840. The minimum Gasteiger partial charge on any atom is -0.480 e. The smallest absolute Gasteiger partial charge is 0.317 e. The first kappa shape index (κ1) is 46.2. The Morgan fingerprint density at radius 1 is 0.817 bits per heavy atom. The molecule has 3 saturated heterocycles. The maximum Gasteiger partial charge on any atom is 0.317 e. The molecule has 0 saturated carbocycles. The van der Waals surface area contributed by atoms with Gasteiger partial charge < -0.3 is 29.8 Å². The van der Waals surface area contributed by atoms with Crippen LogP contribution in [0.4, 0.5) is 14.5 Å². The molecular formula is C41H58F2N10O7. The summed E-state index contributed by atoms with van der Waals surface area (Å²) >= 11 is 0. The number of nitrogens with zero attached hydrogens (tertiary/aromatic N) is 10. The number of hydrogen-bond acceptors (Lipinski definition) is 13. The number of aromatic nitrogens is 1. The fourth-order valence-electron chi connectivity index (χ4n) is 7.97. The molecule has 5 rings (SSSR count). The molecule has 0 bridgehead atoms. The molecule has 2 amide bonds. The van der Waals surface area contributed by atoms with Crippen molar-refractivity contribution >= 4 is 46.1 Å².